The number of fused-ring (bicyclic) bond motifs is 4. The van der Waals surface area contributed by atoms with Crippen LogP contribution in [0.1, 0.15) is 77.8 Å². The highest BCUT2D eigenvalue weighted by Crippen LogP contribution is 2.37. The molecule has 9 nitrogen and oxygen atoms in total. The fraction of sp³-hybridized carbons (Fsp3) is 0.457. The van der Waals surface area contributed by atoms with Crippen LogP contribution in [0.3, 0.4) is 0 Å². The largest absolute Gasteiger partial charge is 0.493 e. The summed E-state index contributed by atoms with van der Waals surface area (Å²) >= 11 is 0. The van der Waals surface area contributed by atoms with Gasteiger partial charge in [-0.3, -0.25) is 14.6 Å². The maximum absolute atomic E-state index is 13.3. The number of unbranched alkanes of at least 4 members (excludes halogenated alkanes) is 2. The number of aryl methyl sites for hydroxylation is 2. The molecule has 0 aromatic heterocycles. The first-order valence-corrected chi connectivity index (χ1v) is 15.7. The second-order valence-corrected chi connectivity index (χ2v) is 12.2. The zero-order valence-corrected chi connectivity index (χ0v) is 26.1. The maximum Gasteiger partial charge on any atom is 0.256 e. The first-order valence-electron chi connectivity index (χ1n) is 15.7. The van der Waals surface area contributed by atoms with Crippen molar-refractivity contribution in [2.24, 2.45) is 4.99 Å². The van der Waals surface area contributed by atoms with Crippen LogP contribution in [0.25, 0.3) is 0 Å². The standard InChI is InChI=1S/C35H42N4O5/c1-5-23-14-25-18-36-28-16-31(21(3)12-26(28)34(41)38(25)19-23)43-10-8-7-9-11-44-32-17-29-27(13-22(32)4)35(42)39-20-24(6-2)15-30(39)33(40)37-29/h5-6,12-13,16-18,25,30,33,37,40H,7-11,14-15,19-20H2,1-4H3/t25-,30-,33?/m0/s1. The molecule has 2 aromatic carbocycles. The number of carbonyl (C=O) groups is 2. The highest BCUT2D eigenvalue weighted by atomic mass is 16.5. The van der Waals surface area contributed by atoms with E-state index in [1.807, 2.05) is 69.2 Å². The lowest BCUT2D eigenvalue weighted by molar-refractivity contribution is 0.0582. The Bertz CT molecular complexity index is 1560. The minimum atomic E-state index is -0.840. The topological polar surface area (TPSA) is 104 Å². The van der Waals surface area contributed by atoms with Gasteiger partial charge in [-0.15, -0.1) is 0 Å². The lowest BCUT2D eigenvalue weighted by Crippen LogP contribution is -2.43. The molecule has 44 heavy (non-hydrogen) atoms. The molecule has 4 aliphatic heterocycles. The number of anilines is 1. The molecule has 4 aliphatic rings. The number of allylic oxidation sites excluding steroid dienone is 2. The molecule has 0 aliphatic carbocycles. The summed E-state index contributed by atoms with van der Waals surface area (Å²) in [6.45, 7) is 10.2. The number of aliphatic imine (C=N–C) groups is 1. The van der Waals surface area contributed by atoms with Crippen molar-refractivity contribution in [1.29, 1.82) is 0 Å². The fourth-order valence-corrected chi connectivity index (χ4v) is 6.56. The Kier molecular flexibility index (Phi) is 8.49. The van der Waals surface area contributed by atoms with E-state index in [-0.39, 0.29) is 23.9 Å². The molecule has 4 heterocycles. The SMILES string of the molecule is CC=C1C[C@H]2C=Nc3cc(OCCCCCOc4cc5c(cc4C)C(=O)N4CC(=CC)C[C@H]4C(O)N5)c(C)cc3C(=O)N2C1. The molecule has 232 valence electrons. The number of aliphatic hydroxyl groups is 1. The summed E-state index contributed by atoms with van der Waals surface area (Å²) in [5.74, 6) is 1.43. The Hall–Kier alpha value is -4.11. The summed E-state index contributed by atoms with van der Waals surface area (Å²) in [5, 5.41) is 14.0. The Balaban J connectivity index is 0.995. The number of carbonyl (C=O) groups excluding carboxylic acids is 2. The van der Waals surface area contributed by atoms with Gasteiger partial charge in [-0.1, -0.05) is 23.3 Å². The highest BCUT2D eigenvalue weighted by molar-refractivity contribution is 6.04. The van der Waals surface area contributed by atoms with Crippen LogP contribution in [0.5, 0.6) is 11.5 Å². The minimum absolute atomic E-state index is 0.0115. The number of hydrogen-bond donors (Lipinski definition) is 2. The second-order valence-electron chi connectivity index (χ2n) is 12.2. The zero-order valence-electron chi connectivity index (χ0n) is 26.1. The van der Waals surface area contributed by atoms with Crippen LogP contribution >= 0.6 is 0 Å². The molecule has 0 spiro atoms. The molecular weight excluding hydrogens is 556 g/mol. The molecule has 9 heteroatoms. The summed E-state index contributed by atoms with van der Waals surface area (Å²) in [4.78, 5) is 34.9. The summed E-state index contributed by atoms with van der Waals surface area (Å²) in [7, 11) is 0. The van der Waals surface area contributed by atoms with Crippen molar-refractivity contribution in [3.63, 3.8) is 0 Å². The second kappa shape index (κ2) is 12.5. The van der Waals surface area contributed by atoms with Gasteiger partial charge in [0.25, 0.3) is 11.8 Å². The molecule has 3 atom stereocenters. The van der Waals surface area contributed by atoms with Gasteiger partial charge in [0, 0.05) is 31.4 Å². The van der Waals surface area contributed by atoms with Crippen molar-refractivity contribution in [2.45, 2.75) is 78.1 Å². The van der Waals surface area contributed by atoms with Gasteiger partial charge in [0.2, 0.25) is 0 Å². The molecule has 0 bridgehead atoms. The minimum Gasteiger partial charge on any atom is -0.493 e. The van der Waals surface area contributed by atoms with E-state index in [1.54, 1.807) is 4.90 Å². The molecule has 2 N–H and O–H groups in total. The van der Waals surface area contributed by atoms with Crippen LogP contribution in [-0.2, 0) is 0 Å². The summed E-state index contributed by atoms with van der Waals surface area (Å²) in [6, 6.07) is 7.23. The highest BCUT2D eigenvalue weighted by Gasteiger charge is 2.40. The predicted octanol–water partition coefficient (Wildman–Crippen LogP) is 5.71. The molecule has 2 saturated heterocycles. The van der Waals surface area contributed by atoms with Crippen LogP contribution in [0.4, 0.5) is 11.4 Å². The third kappa shape index (κ3) is 5.73. The van der Waals surface area contributed by atoms with E-state index in [0.29, 0.717) is 61.0 Å². The number of ether oxygens (including phenoxy) is 2. The van der Waals surface area contributed by atoms with Gasteiger partial charge in [-0.05, 0) is 83.1 Å². The van der Waals surface area contributed by atoms with E-state index in [0.717, 1.165) is 48.1 Å². The monoisotopic (exact) mass is 598 g/mol. The Morgan fingerprint density at radius 1 is 0.864 bits per heavy atom. The van der Waals surface area contributed by atoms with Gasteiger partial charge < -0.3 is 29.7 Å². The third-order valence-corrected chi connectivity index (χ3v) is 9.25. The first-order chi connectivity index (χ1) is 21.3. The van der Waals surface area contributed by atoms with Gasteiger partial charge >= 0.3 is 0 Å². The lowest BCUT2D eigenvalue weighted by atomic mass is 10.1. The lowest BCUT2D eigenvalue weighted by Gasteiger charge is -2.24. The first kappa shape index (κ1) is 29.9. The van der Waals surface area contributed by atoms with Crippen molar-refractivity contribution >= 4 is 29.4 Å². The predicted molar refractivity (Wildman–Crippen MR) is 171 cm³/mol. The third-order valence-electron chi connectivity index (χ3n) is 9.25. The van der Waals surface area contributed by atoms with E-state index >= 15 is 0 Å². The van der Waals surface area contributed by atoms with E-state index in [1.165, 1.54) is 5.57 Å². The fourth-order valence-electron chi connectivity index (χ4n) is 6.56. The van der Waals surface area contributed by atoms with Gasteiger partial charge in [0.1, 0.15) is 17.7 Å². The molecule has 2 amide bonds. The van der Waals surface area contributed by atoms with Crippen LogP contribution in [-0.4, -0.2) is 77.6 Å². The number of hydrogen-bond acceptors (Lipinski definition) is 7. The molecule has 1 unspecified atom stereocenters. The Labute approximate surface area is 259 Å². The van der Waals surface area contributed by atoms with Crippen molar-refractivity contribution in [2.75, 3.05) is 31.6 Å². The van der Waals surface area contributed by atoms with Crippen molar-refractivity contribution in [3.05, 3.63) is 69.8 Å². The van der Waals surface area contributed by atoms with Gasteiger partial charge in [-0.2, -0.15) is 0 Å². The number of aliphatic hydroxyl groups excluding tert-OH is 1. The molecule has 0 saturated carbocycles. The maximum atomic E-state index is 13.3. The van der Waals surface area contributed by atoms with Crippen LogP contribution in [0.2, 0.25) is 0 Å². The molecule has 0 radical (unpaired) electrons. The summed E-state index contributed by atoms with van der Waals surface area (Å²) in [6.07, 6.45) is 9.33. The number of nitrogens with zero attached hydrogens (tertiary/aromatic N) is 3. The smallest absolute Gasteiger partial charge is 0.256 e. The van der Waals surface area contributed by atoms with E-state index < -0.39 is 6.23 Å². The molecule has 2 fully saturated rings. The van der Waals surface area contributed by atoms with Crippen molar-refractivity contribution in [3.8, 4) is 11.5 Å². The molecule has 2 aromatic rings. The normalized spacial score (nSPS) is 24.1. The van der Waals surface area contributed by atoms with Gasteiger partial charge in [0.15, 0.2) is 0 Å². The Morgan fingerprint density at radius 3 is 2.18 bits per heavy atom. The molecular formula is C35H42N4O5. The van der Waals surface area contributed by atoms with Gasteiger partial charge in [0.05, 0.1) is 47.8 Å². The Morgan fingerprint density at radius 2 is 1.48 bits per heavy atom. The average molecular weight is 599 g/mol. The quantitative estimate of drug-likeness (QED) is 0.298. The number of rotatable bonds is 8. The molecule has 6 rings (SSSR count). The number of nitrogens with one attached hydrogen (secondary N) is 1. The van der Waals surface area contributed by atoms with Crippen molar-refractivity contribution in [1.82, 2.24) is 9.80 Å². The van der Waals surface area contributed by atoms with E-state index in [9.17, 15) is 14.7 Å². The number of benzene rings is 2. The average Bonchev–Trinajstić information content (AvgIpc) is 3.60. The zero-order chi connectivity index (χ0) is 31.0. The van der Waals surface area contributed by atoms with Crippen LogP contribution in [0, 0.1) is 13.8 Å². The van der Waals surface area contributed by atoms with E-state index in [2.05, 4.69) is 16.4 Å². The van der Waals surface area contributed by atoms with Crippen LogP contribution in [0.15, 0.2) is 52.6 Å². The van der Waals surface area contributed by atoms with Crippen molar-refractivity contribution < 1.29 is 24.2 Å². The summed E-state index contributed by atoms with van der Waals surface area (Å²) < 4.78 is 12.2. The summed E-state index contributed by atoms with van der Waals surface area (Å²) in [5.41, 5.74) is 6.73. The van der Waals surface area contributed by atoms with Crippen LogP contribution < -0.4 is 14.8 Å². The van der Waals surface area contributed by atoms with Gasteiger partial charge in [-0.25, -0.2) is 0 Å². The number of amides is 2. The van der Waals surface area contributed by atoms with E-state index in [4.69, 9.17) is 9.47 Å².